The van der Waals surface area contributed by atoms with E-state index in [9.17, 15) is 0 Å². The van der Waals surface area contributed by atoms with Gasteiger partial charge in [-0.1, -0.05) is 23.7 Å². The summed E-state index contributed by atoms with van der Waals surface area (Å²) >= 11 is 11.1. The van der Waals surface area contributed by atoms with Crippen molar-refractivity contribution < 1.29 is 9.47 Å². The molecule has 0 amide bonds. The Morgan fingerprint density at radius 3 is 2.43 bits per heavy atom. The highest BCUT2D eigenvalue weighted by molar-refractivity contribution is 7.80. The molecule has 2 rings (SSSR count). The second kappa shape index (κ2) is 8.60. The number of hydrogen-bond donors (Lipinski definition) is 2. The van der Waals surface area contributed by atoms with Crippen molar-refractivity contribution in [3.05, 3.63) is 53.6 Å². The lowest BCUT2D eigenvalue weighted by Crippen LogP contribution is -2.39. The Kier molecular flexibility index (Phi) is 6.50. The first-order chi connectivity index (χ1) is 11.1. The van der Waals surface area contributed by atoms with Crippen LogP contribution in [0, 0.1) is 0 Å². The van der Waals surface area contributed by atoms with Crippen molar-refractivity contribution in [2.75, 3.05) is 19.0 Å². The normalized spacial score (nSPS) is 11.4. The van der Waals surface area contributed by atoms with E-state index in [1.54, 1.807) is 19.2 Å². The van der Waals surface area contributed by atoms with Crippen molar-refractivity contribution in [1.82, 2.24) is 5.32 Å². The van der Waals surface area contributed by atoms with Crippen LogP contribution in [0.2, 0.25) is 5.02 Å². The van der Waals surface area contributed by atoms with Gasteiger partial charge in [0, 0.05) is 10.7 Å². The van der Waals surface area contributed by atoms with E-state index >= 15 is 0 Å². The maximum absolute atomic E-state index is 5.85. The molecule has 0 fully saturated rings. The Hall–Kier alpha value is -1.98. The quantitative estimate of drug-likeness (QED) is 0.768. The molecule has 0 radical (unpaired) electrons. The zero-order valence-electron chi connectivity index (χ0n) is 13.0. The fourth-order valence-electron chi connectivity index (χ4n) is 1.92. The van der Waals surface area contributed by atoms with E-state index in [0.29, 0.717) is 28.2 Å². The number of hydrogen-bond acceptors (Lipinski definition) is 3. The van der Waals surface area contributed by atoms with Gasteiger partial charge in [0.2, 0.25) is 0 Å². The summed E-state index contributed by atoms with van der Waals surface area (Å²) < 4.78 is 11.0. The lowest BCUT2D eigenvalue weighted by molar-refractivity contribution is 0.270. The molecule has 6 heteroatoms. The van der Waals surface area contributed by atoms with Crippen LogP contribution in [0.25, 0.3) is 0 Å². The zero-order valence-corrected chi connectivity index (χ0v) is 14.6. The van der Waals surface area contributed by atoms with Crippen LogP contribution in [-0.4, -0.2) is 24.9 Å². The summed E-state index contributed by atoms with van der Waals surface area (Å²) in [5, 5.41) is 7.49. The smallest absolute Gasteiger partial charge is 0.171 e. The van der Waals surface area contributed by atoms with Crippen LogP contribution < -0.4 is 20.1 Å². The number of halogens is 1. The molecule has 2 N–H and O–H groups in total. The molecule has 0 aliphatic carbocycles. The van der Waals surface area contributed by atoms with Gasteiger partial charge in [-0.05, 0) is 55.5 Å². The van der Waals surface area contributed by atoms with Gasteiger partial charge in [0.1, 0.15) is 6.61 Å². The van der Waals surface area contributed by atoms with E-state index in [1.165, 1.54) is 0 Å². The predicted molar refractivity (Wildman–Crippen MR) is 98.8 cm³/mol. The second-order valence-electron chi connectivity index (χ2n) is 4.97. The average Bonchev–Trinajstić information content (AvgIpc) is 2.55. The lowest BCUT2D eigenvalue weighted by atomic mass is 10.3. The van der Waals surface area contributed by atoms with Crippen molar-refractivity contribution in [1.29, 1.82) is 0 Å². The first-order valence-electron chi connectivity index (χ1n) is 7.17. The molecule has 4 nitrogen and oxygen atoms in total. The Morgan fingerprint density at radius 2 is 1.78 bits per heavy atom. The summed E-state index contributed by atoms with van der Waals surface area (Å²) in [6.07, 6.45) is 0. The van der Waals surface area contributed by atoms with E-state index in [4.69, 9.17) is 33.3 Å². The molecule has 0 heterocycles. The molecule has 0 saturated carbocycles. The first kappa shape index (κ1) is 17.4. The van der Waals surface area contributed by atoms with Crippen LogP contribution >= 0.6 is 23.8 Å². The number of methoxy groups -OCH3 is 1. The molecule has 23 heavy (non-hydrogen) atoms. The Balaban J connectivity index is 1.81. The van der Waals surface area contributed by atoms with Crippen LogP contribution in [0.4, 0.5) is 5.69 Å². The predicted octanol–water partition coefficient (Wildman–Crippen LogP) is 4.10. The molecule has 0 aliphatic heterocycles. The Bertz CT molecular complexity index is 649. The van der Waals surface area contributed by atoms with Crippen molar-refractivity contribution in [2.24, 2.45) is 0 Å². The van der Waals surface area contributed by atoms with Crippen LogP contribution in [0.3, 0.4) is 0 Å². The highest BCUT2D eigenvalue weighted by Gasteiger charge is 2.08. The Morgan fingerprint density at radius 1 is 1.13 bits per heavy atom. The lowest BCUT2D eigenvalue weighted by Gasteiger charge is -2.18. The highest BCUT2D eigenvalue weighted by Crippen LogP contribution is 2.25. The number of thiocarbonyl (C=S) groups is 1. The van der Waals surface area contributed by atoms with Crippen molar-refractivity contribution in [3.8, 4) is 11.5 Å². The Labute approximate surface area is 146 Å². The van der Waals surface area contributed by atoms with E-state index in [2.05, 4.69) is 10.6 Å². The molecular weight excluding hydrogens is 332 g/mol. The number of ether oxygens (including phenoxy) is 2. The number of nitrogens with one attached hydrogen (secondary N) is 2. The number of benzene rings is 2. The van der Waals surface area contributed by atoms with E-state index in [1.807, 2.05) is 43.3 Å². The van der Waals surface area contributed by atoms with Crippen LogP contribution in [0.5, 0.6) is 11.5 Å². The molecular formula is C17H19ClN2O2S. The molecule has 1 atom stereocenters. The third-order valence-corrected chi connectivity index (χ3v) is 3.51. The summed E-state index contributed by atoms with van der Waals surface area (Å²) in [4.78, 5) is 0. The van der Waals surface area contributed by atoms with Crippen molar-refractivity contribution in [3.63, 3.8) is 0 Å². The molecule has 0 unspecified atom stereocenters. The number of para-hydroxylation sites is 2. The topological polar surface area (TPSA) is 42.5 Å². The molecule has 0 aliphatic rings. The third kappa shape index (κ3) is 5.62. The van der Waals surface area contributed by atoms with Crippen molar-refractivity contribution in [2.45, 2.75) is 13.0 Å². The second-order valence-corrected chi connectivity index (χ2v) is 5.81. The zero-order chi connectivity index (χ0) is 16.7. The minimum absolute atomic E-state index is 0.0345. The molecule has 122 valence electrons. The van der Waals surface area contributed by atoms with Gasteiger partial charge in [-0.25, -0.2) is 0 Å². The largest absolute Gasteiger partial charge is 0.493 e. The SMILES string of the molecule is COc1ccccc1OC[C@H](C)NC(=S)Nc1ccc(Cl)cc1. The number of rotatable bonds is 6. The third-order valence-electron chi connectivity index (χ3n) is 3.04. The molecule has 0 spiro atoms. The van der Waals surface area contributed by atoms with Gasteiger partial charge >= 0.3 is 0 Å². The molecule has 0 bridgehead atoms. The highest BCUT2D eigenvalue weighted by atomic mass is 35.5. The summed E-state index contributed by atoms with van der Waals surface area (Å²) in [6.45, 7) is 2.45. The van der Waals surface area contributed by atoms with Gasteiger partial charge in [0.25, 0.3) is 0 Å². The van der Waals surface area contributed by atoms with Gasteiger partial charge in [-0.2, -0.15) is 0 Å². The average molecular weight is 351 g/mol. The summed E-state index contributed by atoms with van der Waals surface area (Å²) in [5.41, 5.74) is 0.879. The molecule has 2 aromatic carbocycles. The minimum atomic E-state index is 0.0345. The van der Waals surface area contributed by atoms with Gasteiger partial charge in [0.05, 0.1) is 13.2 Å². The maximum Gasteiger partial charge on any atom is 0.171 e. The minimum Gasteiger partial charge on any atom is -0.493 e. The summed E-state index contributed by atoms with van der Waals surface area (Å²) in [6, 6.07) is 14.9. The monoisotopic (exact) mass is 350 g/mol. The fraction of sp³-hybridized carbons (Fsp3) is 0.235. The van der Waals surface area contributed by atoms with Crippen LogP contribution in [-0.2, 0) is 0 Å². The maximum atomic E-state index is 5.85. The number of anilines is 1. The molecule has 2 aromatic rings. The van der Waals surface area contributed by atoms with Crippen LogP contribution in [0.1, 0.15) is 6.92 Å². The van der Waals surface area contributed by atoms with Gasteiger partial charge in [-0.3, -0.25) is 0 Å². The van der Waals surface area contributed by atoms with Crippen molar-refractivity contribution >= 4 is 34.6 Å². The van der Waals surface area contributed by atoms with E-state index in [-0.39, 0.29) is 6.04 Å². The molecule has 0 aromatic heterocycles. The standard InChI is InChI=1S/C17H19ClN2O2S/c1-12(11-22-16-6-4-3-5-15(16)21-2)19-17(23)20-14-9-7-13(18)8-10-14/h3-10,12H,11H2,1-2H3,(H2,19,20,23)/t12-/m0/s1. The summed E-state index contributed by atoms with van der Waals surface area (Å²) in [5.74, 6) is 1.42. The van der Waals surface area contributed by atoms with E-state index in [0.717, 1.165) is 5.69 Å². The van der Waals surface area contributed by atoms with Crippen LogP contribution in [0.15, 0.2) is 48.5 Å². The van der Waals surface area contributed by atoms with Gasteiger partial charge < -0.3 is 20.1 Å². The summed E-state index contributed by atoms with van der Waals surface area (Å²) in [7, 11) is 1.62. The molecule has 0 saturated heterocycles. The van der Waals surface area contributed by atoms with Gasteiger partial charge in [-0.15, -0.1) is 0 Å². The van der Waals surface area contributed by atoms with Gasteiger partial charge in [0.15, 0.2) is 16.6 Å². The first-order valence-corrected chi connectivity index (χ1v) is 7.96. The van der Waals surface area contributed by atoms with E-state index < -0.39 is 0 Å². The fourth-order valence-corrected chi connectivity index (χ4v) is 2.36.